The first-order valence-electron chi connectivity index (χ1n) is 16.9. The van der Waals surface area contributed by atoms with Gasteiger partial charge in [0, 0.05) is 23.8 Å². The monoisotopic (exact) mass is 828 g/mol. The van der Waals surface area contributed by atoms with Crippen LogP contribution in [0, 0.1) is 12.1 Å². The molecule has 0 unspecified atom stereocenters. The van der Waals surface area contributed by atoms with E-state index >= 15 is 0 Å². The summed E-state index contributed by atoms with van der Waals surface area (Å²) in [6.45, 7) is -0.112. The molecule has 0 N–H and O–H groups in total. The van der Waals surface area contributed by atoms with Crippen molar-refractivity contribution in [1.29, 1.82) is 0 Å². The van der Waals surface area contributed by atoms with E-state index in [-0.39, 0.29) is 27.8 Å². The van der Waals surface area contributed by atoms with Crippen LogP contribution in [-0.2, 0) is 21.1 Å². The molecule has 0 spiro atoms. The first kappa shape index (κ1) is 31.2. The molecule has 2 aromatic heterocycles. The number of aromatic nitrogens is 2. The van der Waals surface area contributed by atoms with Crippen LogP contribution in [0.25, 0.3) is 54.8 Å². The molecule has 51 heavy (non-hydrogen) atoms. The standard InChI is InChI=1S/C46H28BN3.Pt/c1-2-11-32-25-40(22-20-31(32)10-1)50-45-19-8-7-18-41(45)47(39-17-9-16-35(24-39)43-27-33-12-3-5-14-37(33)29-48-43)42-26-36(21-23-46(42)50)44-28-34-13-4-6-15-38(34)30-49-44;/h1-23,25,27-30H;/q-2;+2. The van der Waals surface area contributed by atoms with E-state index in [0.29, 0.717) is 0 Å². The van der Waals surface area contributed by atoms with Gasteiger partial charge in [-0.2, -0.15) is 5.46 Å². The molecular formula is C46H28BN3Pt. The van der Waals surface area contributed by atoms with Gasteiger partial charge in [0.05, 0.1) is 0 Å². The summed E-state index contributed by atoms with van der Waals surface area (Å²) >= 11 is 0. The summed E-state index contributed by atoms with van der Waals surface area (Å²) in [5.41, 5.74) is 10.5. The van der Waals surface area contributed by atoms with Gasteiger partial charge < -0.3 is 14.9 Å². The minimum absolute atomic E-state index is 0. The van der Waals surface area contributed by atoms with Gasteiger partial charge in [0.1, 0.15) is 0 Å². The third-order valence-corrected chi connectivity index (χ3v) is 9.91. The Morgan fingerprint density at radius 3 is 1.75 bits per heavy atom. The molecule has 240 valence electrons. The zero-order valence-electron chi connectivity index (χ0n) is 27.4. The zero-order chi connectivity index (χ0) is 33.0. The Balaban J connectivity index is 0.00000348. The predicted molar refractivity (Wildman–Crippen MR) is 209 cm³/mol. The predicted octanol–water partition coefficient (Wildman–Crippen LogP) is 9.17. The van der Waals surface area contributed by atoms with Gasteiger partial charge in [0.2, 0.25) is 6.71 Å². The molecule has 0 saturated carbocycles. The molecule has 3 heterocycles. The van der Waals surface area contributed by atoms with E-state index in [0.717, 1.165) is 72.0 Å². The maximum Gasteiger partial charge on any atom is 2.00 e. The molecule has 0 aliphatic carbocycles. The summed E-state index contributed by atoms with van der Waals surface area (Å²) in [4.78, 5) is 12.1. The number of para-hydroxylation sites is 1. The van der Waals surface area contributed by atoms with Crippen LogP contribution < -0.4 is 21.3 Å². The Kier molecular flexibility index (Phi) is 7.83. The van der Waals surface area contributed by atoms with Crippen molar-refractivity contribution in [3.63, 3.8) is 0 Å². The van der Waals surface area contributed by atoms with E-state index < -0.39 is 0 Å². The SMILES string of the molecule is [Pt+2].[c-]1c(B2c3[c-]c(-c4cc5ccccc5cn4)ccc3N(c3ccc4ccccc4c3)c3ccccc32)cccc1-c1cc2ccccc2cn1. The summed E-state index contributed by atoms with van der Waals surface area (Å²) in [6.07, 6.45) is 3.91. The van der Waals surface area contributed by atoms with Crippen molar-refractivity contribution in [3.05, 3.63) is 182 Å². The van der Waals surface area contributed by atoms with E-state index in [4.69, 9.17) is 9.97 Å². The number of rotatable bonds is 4. The molecular weight excluding hydrogens is 800 g/mol. The average molecular weight is 829 g/mol. The number of hydrogen-bond donors (Lipinski definition) is 0. The van der Waals surface area contributed by atoms with E-state index in [9.17, 15) is 0 Å². The molecule has 0 atom stereocenters. The maximum absolute atomic E-state index is 4.90. The number of benzene rings is 7. The molecule has 0 fully saturated rings. The van der Waals surface area contributed by atoms with E-state index in [1.807, 2.05) is 18.5 Å². The Labute approximate surface area is 311 Å². The maximum atomic E-state index is 4.90. The average Bonchev–Trinajstić information content (AvgIpc) is 3.19. The molecule has 1 aliphatic heterocycles. The molecule has 7 aromatic carbocycles. The van der Waals surface area contributed by atoms with Gasteiger partial charge in [-0.1, -0.05) is 109 Å². The normalized spacial score (nSPS) is 12.1. The van der Waals surface area contributed by atoms with E-state index in [2.05, 4.69) is 169 Å². The Hall–Kier alpha value is -5.83. The second-order valence-corrected chi connectivity index (χ2v) is 12.9. The summed E-state index contributed by atoms with van der Waals surface area (Å²) in [5, 5.41) is 7.00. The van der Waals surface area contributed by atoms with Crippen LogP contribution in [0.15, 0.2) is 170 Å². The van der Waals surface area contributed by atoms with Crippen LogP contribution in [0.5, 0.6) is 0 Å². The molecule has 5 heteroatoms. The number of anilines is 3. The molecule has 9 aromatic rings. The van der Waals surface area contributed by atoms with Crippen molar-refractivity contribution in [3.8, 4) is 22.5 Å². The molecule has 3 nitrogen and oxygen atoms in total. The Morgan fingerprint density at radius 1 is 0.451 bits per heavy atom. The third kappa shape index (κ3) is 5.44. The van der Waals surface area contributed by atoms with Crippen LogP contribution in [0.1, 0.15) is 0 Å². The van der Waals surface area contributed by atoms with Crippen molar-refractivity contribution >= 4 is 72.5 Å². The summed E-state index contributed by atoms with van der Waals surface area (Å²) in [5.74, 6) is 0. The fraction of sp³-hybridized carbons (Fsp3) is 0. The smallest absolute Gasteiger partial charge is 0.353 e. The quantitative estimate of drug-likeness (QED) is 0.131. The summed E-state index contributed by atoms with van der Waals surface area (Å²) in [7, 11) is 0. The number of nitrogens with zero attached hydrogens (tertiary/aromatic N) is 3. The van der Waals surface area contributed by atoms with Crippen molar-refractivity contribution in [1.82, 2.24) is 9.97 Å². The van der Waals surface area contributed by atoms with Crippen LogP contribution in [0.4, 0.5) is 17.1 Å². The van der Waals surface area contributed by atoms with Gasteiger partial charge in [-0.05, 0) is 73.1 Å². The molecule has 1 aliphatic rings. The number of hydrogen-bond acceptors (Lipinski definition) is 3. The van der Waals surface area contributed by atoms with Crippen LogP contribution in [-0.4, -0.2) is 16.7 Å². The van der Waals surface area contributed by atoms with Gasteiger partial charge in [-0.3, -0.25) is 0 Å². The largest absolute Gasteiger partial charge is 2.00 e. The second-order valence-electron chi connectivity index (χ2n) is 12.9. The van der Waals surface area contributed by atoms with Crippen molar-refractivity contribution in [2.24, 2.45) is 0 Å². The van der Waals surface area contributed by atoms with Crippen LogP contribution >= 0.6 is 0 Å². The van der Waals surface area contributed by atoms with Gasteiger partial charge >= 0.3 is 21.1 Å². The number of pyridine rings is 2. The molecule has 0 amide bonds. The van der Waals surface area contributed by atoms with Gasteiger partial charge in [-0.25, -0.2) is 0 Å². The van der Waals surface area contributed by atoms with Gasteiger partial charge in [0.25, 0.3) is 0 Å². The van der Waals surface area contributed by atoms with Gasteiger partial charge in [0.15, 0.2) is 0 Å². The molecule has 0 saturated heterocycles. The Bertz CT molecular complexity index is 2760. The molecule has 0 bridgehead atoms. The Morgan fingerprint density at radius 2 is 1.04 bits per heavy atom. The minimum Gasteiger partial charge on any atom is -0.353 e. The van der Waals surface area contributed by atoms with Gasteiger partial charge in [-0.15, -0.1) is 59.1 Å². The van der Waals surface area contributed by atoms with E-state index in [1.54, 1.807) is 0 Å². The topological polar surface area (TPSA) is 29.0 Å². The van der Waals surface area contributed by atoms with Crippen molar-refractivity contribution < 1.29 is 21.1 Å². The number of fused-ring (bicyclic) bond motifs is 5. The molecule has 10 rings (SSSR count). The van der Waals surface area contributed by atoms with Crippen LogP contribution in [0.3, 0.4) is 0 Å². The minimum atomic E-state index is -0.112. The molecule has 0 radical (unpaired) electrons. The second kappa shape index (κ2) is 12.8. The third-order valence-electron chi connectivity index (χ3n) is 9.91. The summed E-state index contributed by atoms with van der Waals surface area (Å²) < 4.78 is 0. The first-order chi connectivity index (χ1) is 24.8. The first-order valence-corrected chi connectivity index (χ1v) is 16.9. The van der Waals surface area contributed by atoms with Crippen LogP contribution in [0.2, 0.25) is 0 Å². The van der Waals surface area contributed by atoms with E-state index in [1.165, 1.54) is 16.2 Å². The van der Waals surface area contributed by atoms with Crippen molar-refractivity contribution in [2.75, 3.05) is 4.90 Å². The fourth-order valence-electron chi connectivity index (χ4n) is 7.47. The zero-order valence-corrected chi connectivity index (χ0v) is 29.7. The van der Waals surface area contributed by atoms with Crippen molar-refractivity contribution in [2.45, 2.75) is 0 Å². The fourth-order valence-corrected chi connectivity index (χ4v) is 7.47. The summed E-state index contributed by atoms with van der Waals surface area (Å²) in [6, 6.07) is 63.6.